The second-order valence-corrected chi connectivity index (χ2v) is 10.4. The van der Waals surface area contributed by atoms with Gasteiger partial charge in [-0.15, -0.1) is 0 Å². The first-order valence-corrected chi connectivity index (χ1v) is 14.3. The van der Waals surface area contributed by atoms with Gasteiger partial charge < -0.3 is 4.42 Å². The Bertz CT molecular complexity index is 2150. The molecule has 0 saturated heterocycles. The first kappa shape index (κ1) is 24.9. The lowest BCUT2D eigenvalue weighted by atomic mass is 9.95. The first-order valence-electron chi connectivity index (χ1n) is 14.3. The second kappa shape index (κ2) is 10.5. The first-order chi connectivity index (χ1) is 21.3. The Labute approximate surface area is 249 Å². The van der Waals surface area contributed by atoms with Gasteiger partial charge in [-0.25, -0.2) is 15.0 Å². The maximum Gasteiger partial charge on any atom is 0.167 e. The summed E-state index contributed by atoms with van der Waals surface area (Å²) in [5.74, 6) is 1.80. The van der Waals surface area contributed by atoms with E-state index in [9.17, 15) is 0 Å². The lowest BCUT2D eigenvalue weighted by Gasteiger charge is -2.10. The van der Waals surface area contributed by atoms with Crippen molar-refractivity contribution in [3.8, 4) is 56.4 Å². The normalized spacial score (nSPS) is 11.3. The number of hydrogen-bond acceptors (Lipinski definition) is 4. The Morgan fingerprint density at radius 1 is 0.326 bits per heavy atom. The van der Waals surface area contributed by atoms with E-state index in [1.807, 2.05) is 72.8 Å². The van der Waals surface area contributed by atoms with Gasteiger partial charge in [0.05, 0.1) is 5.56 Å². The van der Waals surface area contributed by atoms with Crippen molar-refractivity contribution in [1.29, 1.82) is 0 Å². The predicted molar refractivity (Wildman–Crippen MR) is 174 cm³/mol. The molecular formula is C39H25N3O. The van der Waals surface area contributed by atoms with E-state index in [0.717, 1.165) is 60.9 Å². The van der Waals surface area contributed by atoms with Crippen molar-refractivity contribution in [3.63, 3.8) is 0 Å². The largest absolute Gasteiger partial charge is 0.455 e. The highest BCUT2D eigenvalue weighted by Crippen LogP contribution is 2.44. The predicted octanol–water partition coefficient (Wildman–Crippen LogP) is 10.1. The van der Waals surface area contributed by atoms with Crippen molar-refractivity contribution in [2.75, 3.05) is 0 Å². The number of benzene rings is 6. The van der Waals surface area contributed by atoms with Crippen LogP contribution in [0.15, 0.2) is 156 Å². The second-order valence-electron chi connectivity index (χ2n) is 10.4. The number of rotatable bonds is 5. The van der Waals surface area contributed by atoms with E-state index in [4.69, 9.17) is 19.4 Å². The zero-order valence-corrected chi connectivity index (χ0v) is 23.2. The maximum atomic E-state index is 6.88. The number of furan rings is 1. The van der Waals surface area contributed by atoms with E-state index in [-0.39, 0.29) is 0 Å². The fourth-order valence-corrected chi connectivity index (χ4v) is 5.71. The summed E-state index contributed by atoms with van der Waals surface area (Å²) in [5, 5.41) is 2.09. The Kier molecular flexibility index (Phi) is 6.08. The summed E-state index contributed by atoms with van der Waals surface area (Å²) < 4.78 is 6.88. The van der Waals surface area contributed by atoms with Crippen LogP contribution >= 0.6 is 0 Å². The molecule has 4 nitrogen and oxygen atoms in total. The van der Waals surface area contributed by atoms with Crippen molar-refractivity contribution in [2.24, 2.45) is 0 Å². The molecule has 0 radical (unpaired) electrons. The third-order valence-corrected chi connectivity index (χ3v) is 7.76. The monoisotopic (exact) mass is 551 g/mol. The number of hydrogen-bond donors (Lipinski definition) is 0. The Hall–Kier alpha value is -5.87. The molecule has 0 spiro atoms. The molecule has 8 rings (SSSR count). The molecule has 43 heavy (non-hydrogen) atoms. The van der Waals surface area contributed by atoms with E-state index in [0.29, 0.717) is 17.5 Å². The van der Waals surface area contributed by atoms with Crippen LogP contribution in [0.5, 0.6) is 0 Å². The highest BCUT2D eigenvalue weighted by atomic mass is 16.3. The molecule has 0 aliphatic heterocycles. The smallest absolute Gasteiger partial charge is 0.167 e. The third-order valence-electron chi connectivity index (χ3n) is 7.76. The summed E-state index contributed by atoms with van der Waals surface area (Å²) in [7, 11) is 0. The summed E-state index contributed by atoms with van der Waals surface area (Å²) in [6, 6.07) is 51.5. The third kappa shape index (κ3) is 4.46. The molecule has 0 aliphatic carbocycles. The van der Waals surface area contributed by atoms with Gasteiger partial charge in [0, 0.05) is 27.5 Å². The summed E-state index contributed by atoms with van der Waals surface area (Å²) in [5.41, 5.74) is 8.64. The Morgan fingerprint density at radius 3 is 1.35 bits per heavy atom. The zero-order chi connectivity index (χ0) is 28.6. The topological polar surface area (TPSA) is 51.8 Å². The molecule has 0 unspecified atom stereocenters. The van der Waals surface area contributed by atoms with Gasteiger partial charge in [0.15, 0.2) is 17.5 Å². The van der Waals surface area contributed by atoms with Gasteiger partial charge >= 0.3 is 0 Å². The molecule has 4 heteroatoms. The lowest BCUT2D eigenvalue weighted by molar-refractivity contribution is 0.670. The average molecular weight is 552 g/mol. The standard InChI is InChI=1S/C39H25N3O/c1-5-14-26(15-6-1)30-24-25-33(36-34(30)32-23-13-22-31(35(32)43-36)27-16-7-2-8-17-27)39-41-37(28-18-9-3-10-19-28)40-38(42-39)29-20-11-4-12-21-29/h1-25H. The summed E-state index contributed by atoms with van der Waals surface area (Å²) in [6.07, 6.45) is 0. The molecule has 0 bridgehead atoms. The van der Waals surface area contributed by atoms with Gasteiger partial charge in [0.2, 0.25) is 0 Å². The van der Waals surface area contributed by atoms with E-state index >= 15 is 0 Å². The molecule has 0 aliphatic rings. The van der Waals surface area contributed by atoms with E-state index in [1.54, 1.807) is 0 Å². The molecule has 6 aromatic carbocycles. The Balaban J connectivity index is 1.45. The van der Waals surface area contributed by atoms with Crippen molar-refractivity contribution >= 4 is 21.9 Å². The molecule has 0 saturated carbocycles. The van der Waals surface area contributed by atoms with Crippen molar-refractivity contribution < 1.29 is 4.42 Å². The number of aromatic nitrogens is 3. The minimum Gasteiger partial charge on any atom is -0.455 e. The molecular weight excluding hydrogens is 526 g/mol. The van der Waals surface area contributed by atoms with Crippen LogP contribution in [0.2, 0.25) is 0 Å². The lowest BCUT2D eigenvalue weighted by Crippen LogP contribution is -2.00. The molecule has 0 amide bonds. The molecule has 2 heterocycles. The molecule has 8 aromatic rings. The fraction of sp³-hybridized carbons (Fsp3) is 0. The van der Waals surface area contributed by atoms with Gasteiger partial charge in [0.25, 0.3) is 0 Å². The number of fused-ring (bicyclic) bond motifs is 3. The minimum atomic E-state index is 0.567. The van der Waals surface area contributed by atoms with Gasteiger partial charge in [-0.05, 0) is 22.8 Å². The Morgan fingerprint density at radius 2 is 0.791 bits per heavy atom. The van der Waals surface area contributed by atoms with E-state index in [1.165, 1.54) is 0 Å². The molecule has 0 atom stereocenters. The van der Waals surface area contributed by atoms with Crippen LogP contribution in [0.4, 0.5) is 0 Å². The molecule has 0 fully saturated rings. The quantitative estimate of drug-likeness (QED) is 0.214. The van der Waals surface area contributed by atoms with Crippen LogP contribution in [-0.4, -0.2) is 15.0 Å². The summed E-state index contributed by atoms with van der Waals surface area (Å²) in [6.45, 7) is 0. The molecule has 2 aromatic heterocycles. The van der Waals surface area contributed by atoms with Crippen LogP contribution in [0, 0.1) is 0 Å². The van der Waals surface area contributed by atoms with Gasteiger partial charge in [0.1, 0.15) is 11.2 Å². The average Bonchev–Trinajstić information content (AvgIpc) is 3.49. The number of nitrogens with zero attached hydrogens (tertiary/aromatic N) is 3. The van der Waals surface area contributed by atoms with Gasteiger partial charge in [-0.2, -0.15) is 0 Å². The highest BCUT2D eigenvalue weighted by molar-refractivity contribution is 6.18. The maximum absolute atomic E-state index is 6.88. The van der Waals surface area contributed by atoms with Crippen LogP contribution in [0.1, 0.15) is 0 Å². The molecule has 202 valence electrons. The molecule has 0 N–H and O–H groups in total. The number of para-hydroxylation sites is 1. The van der Waals surface area contributed by atoms with Gasteiger partial charge in [-0.3, -0.25) is 0 Å². The SMILES string of the molecule is c1ccc(-c2nc(-c3ccccc3)nc(-c3ccc(-c4ccccc4)c4c3oc3c(-c5ccccc5)cccc34)n2)cc1. The van der Waals surface area contributed by atoms with Crippen LogP contribution < -0.4 is 0 Å². The van der Waals surface area contributed by atoms with Crippen molar-refractivity contribution in [2.45, 2.75) is 0 Å². The van der Waals surface area contributed by atoms with Gasteiger partial charge in [-0.1, -0.05) is 146 Å². The fourth-order valence-electron chi connectivity index (χ4n) is 5.71. The van der Waals surface area contributed by atoms with Crippen LogP contribution in [0.3, 0.4) is 0 Å². The zero-order valence-electron chi connectivity index (χ0n) is 23.2. The van der Waals surface area contributed by atoms with Crippen LogP contribution in [-0.2, 0) is 0 Å². The van der Waals surface area contributed by atoms with E-state index < -0.39 is 0 Å². The van der Waals surface area contributed by atoms with E-state index in [2.05, 4.69) is 78.9 Å². The highest BCUT2D eigenvalue weighted by Gasteiger charge is 2.22. The van der Waals surface area contributed by atoms with Crippen molar-refractivity contribution in [1.82, 2.24) is 15.0 Å². The summed E-state index contributed by atoms with van der Waals surface area (Å²) in [4.78, 5) is 14.9. The van der Waals surface area contributed by atoms with Crippen LogP contribution in [0.25, 0.3) is 78.4 Å². The summed E-state index contributed by atoms with van der Waals surface area (Å²) >= 11 is 0. The minimum absolute atomic E-state index is 0.567. The van der Waals surface area contributed by atoms with Crippen molar-refractivity contribution in [3.05, 3.63) is 152 Å².